The van der Waals surface area contributed by atoms with Gasteiger partial charge in [-0.2, -0.15) is 0 Å². The van der Waals surface area contributed by atoms with Crippen molar-refractivity contribution in [3.05, 3.63) is 30.1 Å². The minimum atomic E-state index is 0.682. The Morgan fingerprint density at radius 1 is 1.12 bits per heavy atom. The Hall–Kier alpha value is -0.890. The molecule has 2 unspecified atom stereocenters. The molecule has 4 aliphatic rings. The molecule has 2 heteroatoms. The zero-order valence-corrected chi connectivity index (χ0v) is 9.55. The maximum absolute atomic E-state index is 4.29. The molecule has 1 aromatic heterocycles. The van der Waals surface area contributed by atoms with E-state index in [9.17, 15) is 0 Å². The van der Waals surface area contributed by atoms with Gasteiger partial charge < -0.3 is 0 Å². The van der Waals surface area contributed by atoms with Crippen LogP contribution >= 0.6 is 0 Å². The predicted octanol–water partition coefficient (Wildman–Crippen LogP) is 2.48. The first kappa shape index (κ1) is 9.17. The van der Waals surface area contributed by atoms with E-state index in [1.54, 1.807) is 0 Å². The van der Waals surface area contributed by atoms with Crippen molar-refractivity contribution >= 4 is 0 Å². The van der Waals surface area contributed by atoms with Crippen molar-refractivity contribution in [3.8, 4) is 0 Å². The van der Waals surface area contributed by atoms with E-state index in [4.69, 9.17) is 0 Å². The summed E-state index contributed by atoms with van der Waals surface area (Å²) in [7, 11) is 0. The normalized spacial score (nSPS) is 44.9. The highest BCUT2D eigenvalue weighted by Gasteiger charge is 2.47. The Balaban J connectivity index is 1.70. The van der Waals surface area contributed by atoms with Gasteiger partial charge in [0.2, 0.25) is 0 Å². The molecule has 4 fully saturated rings. The van der Waals surface area contributed by atoms with Crippen LogP contribution in [0.5, 0.6) is 0 Å². The topological polar surface area (TPSA) is 16.1 Å². The third-order valence-electron chi connectivity index (χ3n) is 4.79. The number of rotatable bonds is 1. The number of pyridine rings is 1. The van der Waals surface area contributed by atoms with Crippen molar-refractivity contribution in [1.29, 1.82) is 0 Å². The quantitative estimate of drug-likeness (QED) is 0.714. The molecule has 0 aromatic carbocycles. The van der Waals surface area contributed by atoms with E-state index in [2.05, 4.69) is 28.2 Å². The molecule has 3 aliphatic heterocycles. The van der Waals surface area contributed by atoms with E-state index in [0.717, 1.165) is 17.8 Å². The summed E-state index contributed by atoms with van der Waals surface area (Å²) in [5.74, 6) is 2.92. The Morgan fingerprint density at radius 2 is 1.94 bits per heavy atom. The Bertz CT molecular complexity index is 359. The van der Waals surface area contributed by atoms with Crippen LogP contribution in [0.4, 0.5) is 0 Å². The molecule has 0 spiro atoms. The lowest BCUT2D eigenvalue weighted by molar-refractivity contribution is -0.0663. The summed E-state index contributed by atoms with van der Waals surface area (Å²) in [5.41, 5.74) is 1.45. The van der Waals surface area contributed by atoms with Gasteiger partial charge in [-0.25, -0.2) is 0 Å². The molecule has 1 aliphatic carbocycles. The van der Waals surface area contributed by atoms with E-state index in [1.807, 2.05) is 6.20 Å². The van der Waals surface area contributed by atoms with Gasteiger partial charge in [-0.1, -0.05) is 6.07 Å². The Kier molecular flexibility index (Phi) is 1.89. The van der Waals surface area contributed by atoms with E-state index >= 15 is 0 Å². The first-order valence-corrected chi connectivity index (χ1v) is 6.54. The molecule has 2 nitrogen and oxygen atoms in total. The number of aromatic nitrogens is 1. The molecule has 1 aromatic rings. The van der Waals surface area contributed by atoms with E-state index in [-0.39, 0.29) is 0 Å². The van der Waals surface area contributed by atoms with Crippen LogP contribution in [0.3, 0.4) is 0 Å². The van der Waals surface area contributed by atoms with Gasteiger partial charge in [0.05, 0.1) is 0 Å². The highest BCUT2D eigenvalue weighted by molar-refractivity contribution is 5.18. The zero-order valence-electron chi connectivity index (χ0n) is 9.55. The fourth-order valence-corrected chi connectivity index (χ4v) is 4.47. The Morgan fingerprint density at radius 3 is 2.56 bits per heavy atom. The van der Waals surface area contributed by atoms with Crippen LogP contribution in [0.15, 0.2) is 24.5 Å². The first-order valence-electron chi connectivity index (χ1n) is 6.54. The van der Waals surface area contributed by atoms with Crippen LogP contribution in [-0.2, 0) is 0 Å². The fourth-order valence-electron chi connectivity index (χ4n) is 4.47. The number of nitrogens with zero attached hydrogens (tertiary/aromatic N) is 2. The molecule has 5 rings (SSSR count). The lowest BCUT2D eigenvalue weighted by atomic mass is 9.64. The highest BCUT2D eigenvalue weighted by atomic mass is 15.2. The van der Waals surface area contributed by atoms with E-state index in [1.165, 1.54) is 37.9 Å². The van der Waals surface area contributed by atoms with Gasteiger partial charge in [-0.3, -0.25) is 9.88 Å². The van der Waals surface area contributed by atoms with Gasteiger partial charge in [0, 0.05) is 31.5 Å². The maximum atomic E-state index is 4.29. The molecule has 0 amide bonds. The van der Waals surface area contributed by atoms with Crippen molar-refractivity contribution in [1.82, 2.24) is 9.88 Å². The molecular formula is C14H18N2. The van der Waals surface area contributed by atoms with Gasteiger partial charge >= 0.3 is 0 Å². The standard InChI is InChI=1S/C14H18N2/c1-2-12(7-15-3-1)14-13-5-10-4-11(6-13)9-16(14)8-10/h1-3,7,10-11,13-14H,4-6,8-9H2/t10?,11?,13?,14-/m1/s1. The molecule has 3 saturated heterocycles. The van der Waals surface area contributed by atoms with Gasteiger partial charge in [0.1, 0.15) is 0 Å². The summed E-state index contributed by atoms with van der Waals surface area (Å²) in [6.45, 7) is 2.68. The summed E-state index contributed by atoms with van der Waals surface area (Å²) in [6.07, 6.45) is 8.40. The fraction of sp³-hybridized carbons (Fsp3) is 0.643. The van der Waals surface area contributed by atoms with Crippen LogP contribution in [0.1, 0.15) is 30.9 Å². The van der Waals surface area contributed by atoms with Crippen LogP contribution in [-0.4, -0.2) is 23.0 Å². The second kappa shape index (κ2) is 3.30. The minimum Gasteiger partial charge on any atom is -0.295 e. The predicted molar refractivity (Wildman–Crippen MR) is 62.9 cm³/mol. The van der Waals surface area contributed by atoms with Crippen LogP contribution in [0.2, 0.25) is 0 Å². The lowest BCUT2D eigenvalue weighted by Gasteiger charge is -2.56. The molecule has 3 atom stereocenters. The van der Waals surface area contributed by atoms with E-state index in [0.29, 0.717) is 6.04 Å². The average molecular weight is 214 g/mol. The second-order valence-corrected chi connectivity index (χ2v) is 5.88. The molecule has 0 radical (unpaired) electrons. The van der Waals surface area contributed by atoms with Crippen LogP contribution in [0.25, 0.3) is 0 Å². The molecular weight excluding hydrogens is 196 g/mol. The molecule has 4 heterocycles. The van der Waals surface area contributed by atoms with Crippen molar-refractivity contribution in [2.75, 3.05) is 13.1 Å². The molecule has 16 heavy (non-hydrogen) atoms. The molecule has 1 saturated carbocycles. The lowest BCUT2D eigenvalue weighted by Crippen LogP contribution is -2.54. The van der Waals surface area contributed by atoms with Crippen molar-refractivity contribution in [2.45, 2.75) is 25.3 Å². The first-order chi connectivity index (χ1) is 7.90. The third kappa shape index (κ3) is 1.26. The summed E-state index contributed by atoms with van der Waals surface area (Å²) in [4.78, 5) is 7.02. The van der Waals surface area contributed by atoms with Crippen molar-refractivity contribution in [3.63, 3.8) is 0 Å². The highest BCUT2D eigenvalue weighted by Crippen LogP contribution is 2.51. The number of hydrogen-bond acceptors (Lipinski definition) is 2. The summed E-state index contributed by atoms with van der Waals surface area (Å²) >= 11 is 0. The molecule has 4 bridgehead atoms. The van der Waals surface area contributed by atoms with Gasteiger partial charge in [0.15, 0.2) is 0 Å². The van der Waals surface area contributed by atoms with Gasteiger partial charge in [-0.15, -0.1) is 0 Å². The number of piperidine rings is 3. The van der Waals surface area contributed by atoms with Gasteiger partial charge in [0.25, 0.3) is 0 Å². The third-order valence-corrected chi connectivity index (χ3v) is 4.79. The summed E-state index contributed by atoms with van der Waals surface area (Å²) < 4.78 is 0. The van der Waals surface area contributed by atoms with E-state index < -0.39 is 0 Å². The maximum Gasteiger partial charge on any atom is 0.0391 e. The summed E-state index contributed by atoms with van der Waals surface area (Å²) in [6, 6.07) is 5.03. The SMILES string of the molecule is c1cncc([C@@H]2C3CC4CC(C3)CN2C4)c1. The second-order valence-electron chi connectivity index (χ2n) is 5.88. The zero-order chi connectivity index (χ0) is 10.5. The van der Waals surface area contributed by atoms with Crippen molar-refractivity contribution < 1.29 is 0 Å². The largest absolute Gasteiger partial charge is 0.295 e. The number of hydrogen-bond donors (Lipinski definition) is 0. The Labute approximate surface area is 96.7 Å². The van der Waals surface area contributed by atoms with Crippen LogP contribution in [0, 0.1) is 17.8 Å². The van der Waals surface area contributed by atoms with Crippen LogP contribution < -0.4 is 0 Å². The minimum absolute atomic E-state index is 0.682. The van der Waals surface area contributed by atoms with Crippen molar-refractivity contribution in [2.24, 2.45) is 17.8 Å². The molecule has 84 valence electrons. The molecule has 0 N–H and O–H groups in total. The average Bonchev–Trinajstić information content (AvgIpc) is 2.29. The smallest absolute Gasteiger partial charge is 0.0391 e. The van der Waals surface area contributed by atoms with Gasteiger partial charge in [-0.05, 0) is 48.6 Å². The monoisotopic (exact) mass is 214 g/mol. The summed E-state index contributed by atoms with van der Waals surface area (Å²) in [5, 5.41) is 0.